The molecule has 1 N–H and O–H groups in total. The second kappa shape index (κ2) is 7.95. The van der Waals surface area contributed by atoms with Gasteiger partial charge in [-0.2, -0.15) is 0 Å². The van der Waals surface area contributed by atoms with E-state index < -0.39 is 5.97 Å². The Morgan fingerprint density at radius 1 is 1.00 bits per heavy atom. The van der Waals surface area contributed by atoms with Gasteiger partial charge in [-0.05, 0) is 36.1 Å². The standard InChI is InChI=1S/C13H10O2.C8H10O3/c14-13(15)12-8-6-11(7-9-12)10-4-2-1-3-5-10;9-4-5-1-2-7-6(5)3-8(10)11-7/h1-9H,(H,14,15);4-7H,1-3H2/t;5-,6-,7+/m.1/s1. The van der Waals surface area contributed by atoms with E-state index in [4.69, 9.17) is 9.84 Å². The summed E-state index contributed by atoms with van der Waals surface area (Å²) in [6, 6.07) is 16.7. The van der Waals surface area contributed by atoms with Gasteiger partial charge < -0.3 is 14.6 Å². The average molecular weight is 352 g/mol. The number of carboxylic acid groups (broad SMARTS) is 1. The zero-order chi connectivity index (χ0) is 18.5. The summed E-state index contributed by atoms with van der Waals surface area (Å²) < 4.78 is 5.02. The van der Waals surface area contributed by atoms with Crippen LogP contribution in [0.15, 0.2) is 54.6 Å². The first kappa shape index (κ1) is 17.9. The highest BCUT2D eigenvalue weighted by Gasteiger charge is 2.44. The van der Waals surface area contributed by atoms with Crippen molar-refractivity contribution in [3.8, 4) is 11.1 Å². The van der Waals surface area contributed by atoms with E-state index in [1.165, 1.54) is 0 Å². The number of hydrogen-bond donors (Lipinski definition) is 1. The highest BCUT2D eigenvalue weighted by molar-refractivity contribution is 5.88. The summed E-state index contributed by atoms with van der Waals surface area (Å²) in [5.41, 5.74) is 2.43. The van der Waals surface area contributed by atoms with Crippen molar-refractivity contribution in [2.24, 2.45) is 11.8 Å². The fourth-order valence-corrected chi connectivity index (χ4v) is 3.50. The number of esters is 1. The van der Waals surface area contributed by atoms with Gasteiger partial charge in [0.15, 0.2) is 0 Å². The van der Waals surface area contributed by atoms with Crippen LogP contribution in [0.4, 0.5) is 0 Å². The van der Waals surface area contributed by atoms with E-state index in [-0.39, 0.29) is 23.9 Å². The molecule has 5 heteroatoms. The van der Waals surface area contributed by atoms with Gasteiger partial charge in [-0.3, -0.25) is 4.79 Å². The Morgan fingerprint density at radius 2 is 1.65 bits per heavy atom. The fraction of sp³-hybridized carbons (Fsp3) is 0.286. The summed E-state index contributed by atoms with van der Waals surface area (Å²) in [5.74, 6) is -0.757. The van der Waals surface area contributed by atoms with E-state index in [1.807, 2.05) is 42.5 Å². The Balaban J connectivity index is 0.000000158. The highest BCUT2D eigenvalue weighted by atomic mass is 16.6. The van der Waals surface area contributed by atoms with Crippen molar-refractivity contribution in [3.63, 3.8) is 0 Å². The molecule has 0 spiro atoms. The predicted octanol–water partition coefficient (Wildman–Crippen LogP) is 3.58. The van der Waals surface area contributed by atoms with Gasteiger partial charge in [-0.25, -0.2) is 4.79 Å². The number of benzene rings is 2. The lowest BCUT2D eigenvalue weighted by Crippen LogP contribution is -2.14. The minimum absolute atomic E-state index is 0.0534. The largest absolute Gasteiger partial charge is 0.478 e. The van der Waals surface area contributed by atoms with Crippen molar-refractivity contribution in [3.05, 3.63) is 60.2 Å². The van der Waals surface area contributed by atoms with Crippen LogP contribution in [0.3, 0.4) is 0 Å². The number of aromatic carboxylic acids is 1. The molecule has 2 fully saturated rings. The molecule has 134 valence electrons. The number of carbonyl (C=O) groups excluding carboxylic acids is 2. The lowest BCUT2D eigenvalue weighted by molar-refractivity contribution is -0.141. The van der Waals surface area contributed by atoms with Crippen molar-refractivity contribution in [2.45, 2.75) is 25.4 Å². The average Bonchev–Trinajstić information content (AvgIpc) is 3.22. The summed E-state index contributed by atoms with van der Waals surface area (Å²) in [5, 5.41) is 8.75. The molecule has 0 bridgehead atoms. The van der Waals surface area contributed by atoms with Gasteiger partial charge in [0, 0.05) is 11.8 Å². The zero-order valence-corrected chi connectivity index (χ0v) is 14.2. The summed E-state index contributed by atoms with van der Waals surface area (Å²) >= 11 is 0. The highest BCUT2D eigenvalue weighted by Crippen LogP contribution is 2.39. The number of ether oxygens (including phenoxy) is 1. The molecular formula is C21H20O5. The molecule has 26 heavy (non-hydrogen) atoms. The number of hydrogen-bond acceptors (Lipinski definition) is 4. The van der Waals surface area contributed by atoms with Crippen LogP contribution in [0.5, 0.6) is 0 Å². The summed E-state index contributed by atoms with van der Waals surface area (Å²) in [4.78, 5) is 31.9. The molecule has 1 aliphatic heterocycles. The van der Waals surface area contributed by atoms with Crippen molar-refractivity contribution in [2.75, 3.05) is 0 Å². The Kier molecular flexibility index (Phi) is 5.46. The molecule has 0 aromatic heterocycles. The topological polar surface area (TPSA) is 80.7 Å². The molecule has 2 aromatic carbocycles. The van der Waals surface area contributed by atoms with Crippen LogP contribution in [0.2, 0.25) is 0 Å². The molecule has 1 aliphatic carbocycles. The zero-order valence-electron chi connectivity index (χ0n) is 14.2. The van der Waals surface area contributed by atoms with Crippen LogP contribution in [-0.2, 0) is 14.3 Å². The first-order valence-electron chi connectivity index (χ1n) is 8.62. The van der Waals surface area contributed by atoms with Crippen molar-refractivity contribution < 1.29 is 24.2 Å². The molecule has 2 aromatic rings. The third-order valence-electron chi connectivity index (χ3n) is 4.91. The van der Waals surface area contributed by atoms with E-state index in [0.717, 1.165) is 30.3 Å². The van der Waals surface area contributed by atoms with Gasteiger partial charge in [0.05, 0.1) is 12.0 Å². The van der Waals surface area contributed by atoms with Crippen LogP contribution in [-0.4, -0.2) is 29.4 Å². The van der Waals surface area contributed by atoms with E-state index >= 15 is 0 Å². The smallest absolute Gasteiger partial charge is 0.335 e. The second-order valence-corrected chi connectivity index (χ2v) is 6.52. The molecule has 0 radical (unpaired) electrons. The van der Waals surface area contributed by atoms with Gasteiger partial charge in [0.25, 0.3) is 0 Å². The van der Waals surface area contributed by atoms with Gasteiger partial charge in [0.1, 0.15) is 12.4 Å². The number of fused-ring (bicyclic) bond motifs is 1. The summed E-state index contributed by atoms with van der Waals surface area (Å²) in [7, 11) is 0. The number of rotatable bonds is 3. The fourth-order valence-electron chi connectivity index (χ4n) is 3.50. The molecule has 0 unspecified atom stereocenters. The molecule has 5 nitrogen and oxygen atoms in total. The molecule has 2 aliphatic rings. The van der Waals surface area contributed by atoms with Crippen LogP contribution in [0.25, 0.3) is 11.1 Å². The quantitative estimate of drug-likeness (QED) is 0.674. The molecule has 1 saturated heterocycles. The Bertz CT molecular complexity index is 782. The lowest BCUT2D eigenvalue weighted by atomic mass is 9.95. The minimum Gasteiger partial charge on any atom is -0.478 e. The Hall–Kier alpha value is -2.95. The third kappa shape index (κ3) is 3.99. The molecule has 1 heterocycles. The van der Waals surface area contributed by atoms with Crippen LogP contribution in [0, 0.1) is 11.8 Å². The van der Waals surface area contributed by atoms with Crippen molar-refractivity contribution in [1.82, 2.24) is 0 Å². The molecular weight excluding hydrogens is 332 g/mol. The lowest BCUT2D eigenvalue weighted by Gasteiger charge is -2.07. The number of carbonyl (C=O) groups is 3. The van der Waals surface area contributed by atoms with Gasteiger partial charge >= 0.3 is 11.9 Å². The van der Waals surface area contributed by atoms with Gasteiger partial charge in [0.2, 0.25) is 0 Å². The SMILES string of the molecule is O=C(O)c1ccc(-c2ccccc2)cc1.O=C[C@H]1CC[C@@H]2OC(=O)C[C@@H]21. The van der Waals surface area contributed by atoms with Gasteiger partial charge in [-0.1, -0.05) is 42.5 Å². The normalized spacial score (nSPS) is 23.4. The maximum Gasteiger partial charge on any atom is 0.335 e. The predicted molar refractivity (Wildman–Crippen MR) is 95.6 cm³/mol. The van der Waals surface area contributed by atoms with E-state index in [0.29, 0.717) is 12.0 Å². The minimum atomic E-state index is -0.894. The van der Waals surface area contributed by atoms with Crippen LogP contribution < -0.4 is 0 Å². The first-order valence-corrected chi connectivity index (χ1v) is 8.62. The van der Waals surface area contributed by atoms with Crippen LogP contribution >= 0.6 is 0 Å². The van der Waals surface area contributed by atoms with Crippen LogP contribution in [0.1, 0.15) is 29.6 Å². The first-order chi connectivity index (χ1) is 12.6. The van der Waals surface area contributed by atoms with Crippen molar-refractivity contribution in [1.29, 1.82) is 0 Å². The van der Waals surface area contributed by atoms with Gasteiger partial charge in [-0.15, -0.1) is 0 Å². The second-order valence-electron chi connectivity index (χ2n) is 6.52. The summed E-state index contributed by atoms with van der Waals surface area (Å²) in [6.45, 7) is 0. The molecule has 4 rings (SSSR count). The maximum atomic E-state index is 10.8. The van der Waals surface area contributed by atoms with E-state index in [2.05, 4.69) is 0 Å². The summed E-state index contributed by atoms with van der Waals surface area (Å²) in [6.07, 6.45) is 3.24. The van der Waals surface area contributed by atoms with E-state index in [1.54, 1.807) is 12.1 Å². The molecule has 0 amide bonds. The molecule has 1 saturated carbocycles. The van der Waals surface area contributed by atoms with Crippen molar-refractivity contribution >= 4 is 18.2 Å². The number of aldehydes is 1. The molecule has 3 atom stereocenters. The number of carboxylic acids is 1. The van der Waals surface area contributed by atoms with E-state index in [9.17, 15) is 14.4 Å². The Morgan fingerprint density at radius 3 is 2.27 bits per heavy atom. The maximum absolute atomic E-state index is 10.8. The monoisotopic (exact) mass is 352 g/mol. The third-order valence-corrected chi connectivity index (χ3v) is 4.91. The Labute approximate surface area is 151 Å².